The number of halogens is 1. The molecule has 0 radical (unpaired) electrons. The number of anilines is 1. The molecule has 2 aromatic carbocycles. The van der Waals surface area contributed by atoms with Crippen molar-refractivity contribution in [1.29, 1.82) is 0 Å². The van der Waals surface area contributed by atoms with Crippen LogP contribution in [0.1, 0.15) is 45.1 Å². The highest BCUT2D eigenvalue weighted by atomic mass is 19.1. The molecule has 2 aromatic rings. The lowest BCUT2D eigenvalue weighted by Gasteiger charge is -2.29. The van der Waals surface area contributed by atoms with Gasteiger partial charge < -0.3 is 10.1 Å². The number of para-hydroxylation sites is 2. The lowest BCUT2D eigenvalue weighted by atomic mass is 9.77. The van der Waals surface area contributed by atoms with Crippen LogP contribution < -0.4 is 10.1 Å². The number of ether oxygens (including phenoxy) is 1. The van der Waals surface area contributed by atoms with Gasteiger partial charge in [0.05, 0.1) is 17.2 Å². The highest BCUT2D eigenvalue weighted by Gasteiger charge is 2.44. The molecule has 0 aliphatic heterocycles. The number of amides is 1. The molecule has 1 fully saturated rings. The molecule has 0 heterocycles. The van der Waals surface area contributed by atoms with Crippen molar-refractivity contribution in [2.45, 2.75) is 51.0 Å². The summed E-state index contributed by atoms with van der Waals surface area (Å²) in [5.74, 6) is 0.161. The third-order valence-electron chi connectivity index (χ3n) is 4.78. The summed E-state index contributed by atoms with van der Waals surface area (Å²) in [4.78, 5) is 13.2. The Balaban J connectivity index is 1.92. The van der Waals surface area contributed by atoms with Crippen LogP contribution in [0.4, 0.5) is 10.1 Å². The smallest absolute Gasteiger partial charge is 0.235 e. The largest absolute Gasteiger partial charge is 0.489 e. The van der Waals surface area contributed by atoms with E-state index >= 15 is 0 Å². The first-order valence-corrected chi connectivity index (χ1v) is 8.85. The summed E-state index contributed by atoms with van der Waals surface area (Å²) in [7, 11) is 0. The average Bonchev–Trinajstić information content (AvgIpc) is 3.07. The van der Waals surface area contributed by atoms with E-state index in [1.54, 1.807) is 18.2 Å². The maximum absolute atomic E-state index is 14.4. The van der Waals surface area contributed by atoms with Crippen LogP contribution in [0.3, 0.4) is 0 Å². The van der Waals surface area contributed by atoms with Gasteiger partial charge in [-0.15, -0.1) is 0 Å². The Morgan fingerprint density at radius 3 is 2.40 bits per heavy atom. The van der Waals surface area contributed by atoms with Crippen molar-refractivity contribution in [3.05, 3.63) is 59.9 Å². The minimum Gasteiger partial charge on any atom is -0.489 e. The molecule has 1 aliphatic carbocycles. The summed E-state index contributed by atoms with van der Waals surface area (Å²) in [5.41, 5.74) is 0.312. The fourth-order valence-electron chi connectivity index (χ4n) is 3.62. The first kappa shape index (κ1) is 17.5. The number of carbonyl (C=O) groups is 1. The molecule has 132 valence electrons. The molecule has 1 aliphatic rings. The summed E-state index contributed by atoms with van der Waals surface area (Å²) in [6.07, 6.45) is 3.17. The number of benzene rings is 2. The lowest BCUT2D eigenvalue weighted by Crippen LogP contribution is -2.38. The zero-order valence-electron chi connectivity index (χ0n) is 14.7. The second-order valence-corrected chi connectivity index (χ2v) is 6.89. The van der Waals surface area contributed by atoms with Gasteiger partial charge in [-0.25, -0.2) is 4.39 Å². The predicted molar refractivity (Wildman–Crippen MR) is 97.4 cm³/mol. The Morgan fingerprint density at radius 2 is 1.72 bits per heavy atom. The Labute approximate surface area is 148 Å². The van der Waals surface area contributed by atoms with Crippen molar-refractivity contribution >= 4 is 11.6 Å². The van der Waals surface area contributed by atoms with E-state index in [1.807, 2.05) is 38.1 Å². The highest BCUT2D eigenvalue weighted by Crippen LogP contribution is 2.43. The van der Waals surface area contributed by atoms with Gasteiger partial charge >= 0.3 is 0 Å². The zero-order chi connectivity index (χ0) is 17.9. The SMILES string of the molecule is CC(C)Oc1ccccc1NC(=O)C1(c2ccccc2F)CCCC1. The maximum atomic E-state index is 14.4. The zero-order valence-corrected chi connectivity index (χ0v) is 14.7. The van der Waals surface area contributed by atoms with E-state index in [0.717, 1.165) is 12.8 Å². The van der Waals surface area contributed by atoms with Gasteiger partial charge in [-0.2, -0.15) is 0 Å². The van der Waals surface area contributed by atoms with Crippen molar-refractivity contribution in [1.82, 2.24) is 0 Å². The summed E-state index contributed by atoms with van der Waals surface area (Å²) in [6, 6.07) is 14.0. The van der Waals surface area contributed by atoms with Crippen molar-refractivity contribution in [3.63, 3.8) is 0 Å². The van der Waals surface area contributed by atoms with Gasteiger partial charge in [0.2, 0.25) is 5.91 Å². The molecule has 0 atom stereocenters. The molecular weight excluding hydrogens is 317 g/mol. The molecule has 0 unspecified atom stereocenters. The summed E-state index contributed by atoms with van der Waals surface area (Å²) in [6.45, 7) is 3.88. The van der Waals surface area contributed by atoms with Crippen molar-refractivity contribution < 1.29 is 13.9 Å². The Hall–Kier alpha value is -2.36. The van der Waals surface area contributed by atoms with E-state index in [2.05, 4.69) is 5.32 Å². The molecule has 3 rings (SSSR count). The second-order valence-electron chi connectivity index (χ2n) is 6.89. The van der Waals surface area contributed by atoms with Crippen LogP contribution >= 0.6 is 0 Å². The summed E-state index contributed by atoms with van der Waals surface area (Å²) >= 11 is 0. The average molecular weight is 341 g/mol. The molecule has 1 N–H and O–H groups in total. The van der Waals surface area contributed by atoms with Crippen molar-refractivity contribution in [2.24, 2.45) is 0 Å². The summed E-state index contributed by atoms with van der Waals surface area (Å²) in [5, 5.41) is 2.99. The van der Waals surface area contributed by atoms with Gasteiger partial charge in [-0.1, -0.05) is 43.2 Å². The van der Waals surface area contributed by atoms with E-state index < -0.39 is 5.41 Å². The van der Waals surface area contributed by atoms with Gasteiger partial charge in [-0.05, 0) is 44.9 Å². The number of nitrogens with one attached hydrogen (secondary N) is 1. The van der Waals surface area contributed by atoms with Crippen LogP contribution in [0.2, 0.25) is 0 Å². The molecule has 1 saturated carbocycles. The monoisotopic (exact) mass is 341 g/mol. The Morgan fingerprint density at radius 1 is 1.08 bits per heavy atom. The Bertz CT molecular complexity index is 751. The van der Waals surface area contributed by atoms with Crippen molar-refractivity contribution in [2.75, 3.05) is 5.32 Å². The molecule has 4 heteroatoms. The third-order valence-corrected chi connectivity index (χ3v) is 4.78. The van der Waals surface area contributed by atoms with Gasteiger partial charge in [0.15, 0.2) is 0 Å². The number of hydrogen-bond donors (Lipinski definition) is 1. The first-order chi connectivity index (χ1) is 12.0. The van der Waals surface area contributed by atoms with E-state index in [-0.39, 0.29) is 17.8 Å². The molecule has 0 aromatic heterocycles. The fourth-order valence-corrected chi connectivity index (χ4v) is 3.62. The van der Waals surface area contributed by atoms with Gasteiger partial charge in [0.1, 0.15) is 11.6 Å². The highest BCUT2D eigenvalue weighted by molar-refractivity contribution is 6.00. The van der Waals surface area contributed by atoms with E-state index in [4.69, 9.17) is 4.74 Å². The standard InChI is InChI=1S/C21H24FNO2/c1-15(2)25-19-12-6-5-11-18(19)23-20(24)21(13-7-8-14-21)16-9-3-4-10-17(16)22/h3-6,9-12,15H,7-8,13-14H2,1-2H3,(H,23,24). The van der Waals surface area contributed by atoms with Crippen LogP contribution in [0.5, 0.6) is 5.75 Å². The van der Waals surface area contributed by atoms with E-state index in [0.29, 0.717) is 29.8 Å². The van der Waals surface area contributed by atoms with Crippen LogP contribution in [-0.4, -0.2) is 12.0 Å². The minimum atomic E-state index is -0.809. The Kier molecular flexibility index (Phi) is 5.07. The van der Waals surface area contributed by atoms with Gasteiger partial charge in [0.25, 0.3) is 0 Å². The molecule has 0 saturated heterocycles. The number of rotatable bonds is 5. The molecule has 0 bridgehead atoms. The molecule has 25 heavy (non-hydrogen) atoms. The summed E-state index contributed by atoms with van der Waals surface area (Å²) < 4.78 is 20.2. The topological polar surface area (TPSA) is 38.3 Å². The quantitative estimate of drug-likeness (QED) is 0.825. The van der Waals surface area contributed by atoms with Gasteiger partial charge in [0, 0.05) is 5.56 Å². The van der Waals surface area contributed by atoms with E-state index in [9.17, 15) is 9.18 Å². The van der Waals surface area contributed by atoms with Crippen LogP contribution in [0.25, 0.3) is 0 Å². The lowest BCUT2D eigenvalue weighted by molar-refractivity contribution is -0.121. The second kappa shape index (κ2) is 7.26. The molecular formula is C21H24FNO2. The predicted octanol–water partition coefficient (Wildman–Crippen LogP) is 5.06. The van der Waals surface area contributed by atoms with Crippen molar-refractivity contribution in [3.8, 4) is 5.75 Å². The molecule has 0 spiro atoms. The maximum Gasteiger partial charge on any atom is 0.235 e. The normalized spacial score (nSPS) is 16.0. The van der Waals surface area contributed by atoms with Crippen LogP contribution in [-0.2, 0) is 10.2 Å². The first-order valence-electron chi connectivity index (χ1n) is 8.85. The molecule has 1 amide bonds. The number of carbonyl (C=O) groups excluding carboxylic acids is 1. The van der Waals surface area contributed by atoms with Gasteiger partial charge in [-0.3, -0.25) is 4.79 Å². The van der Waals surface area contributed by atoms with E-state index in [1.165, 1.54) is 6.07 Å². The fraction of sp³-hybridized carbons (Fsp3) is 0.381. The van der Waals surface area contributed by atoms with Crippen LogP contribution in [0, 0.1) is 5.82 Å². The molecule has 3 nitrogen and oxygen atoms in total. The third kappa shape index (κ3) is 3.53. The number of hydrogen-bond acceptors (Lipinski definition) is 2. The minimum absolute atomic E-state index is 0.00469. The van der Waals surface area contributed by atoms with Crippen LogP contribution in [0.15, 0.2) is 48.5 Å².